The molecule has 0 aromatic rings. The Bertz CT molecular complexity index is 150. The number of hydrogen-bond acceptors (Lipinski definition) is 0. The van der Waals surface area contributed by atoms with Gasteiger partial charge < -0.3 is 0 Å². The number of hydrogen-bond donors (Lipinski definition) is 0. The van der Waals surface area contributed by atoms with Gasteiger partial charge in [0.2, 0.25) is 0 Å². The van der Waals surface area contributed by atoms with E-state index in [1.807, 2.05) is 0 Å². The molecule has 0 radical (unpaired) electrons. The van der Waals surface area contributed by atoms with Gasteiger partial charge in [0.15, 0.2) is 0 Å². The van der Waals surface area contributed by atoms with Crippen molar-refractivity contribution < 1.29 is 0 Å². The molecular weight excluding hydrogens is 216 g/mol. The third-order valence-corrected chi connectivity index (χ3v) is 4.52. The van der Waals surface area contributed by atoms with Crippen molar-refractivity contribution >= 4 is 0 Å². The van der Waals surface area contributed by atoms with Gasteiger partial charge in [-0.25, -0.2) is 0 Å². The number of unbranched alkanes of at least 4 members (excludes halogenated alkanes) is 7. The summed E-state index contributed by atoms with van der Waals surface area (Å²) in [6.45, 7) is 9.47. The zero-order valence-corrected chi connectivity index (χ0v) is 13.6. The monoisotopic (exact) mass is 254 g/mol. The van der Waals surface area contributed by atoms with E-state index in [0.29, 0.717) is 0 Å². The summed E-state index contributed by atoms with van der Waals surface area (Å²) in [5.74, 6) is 1.95. The largest absolute Gasteiger partial charge is 0.0654 e. The fourth-order valence-electron chi connectivity index (χ4n) is 3.02. The first-order valence-electron chi connectivity index (χ1n) is 8.76. The summed E-state index contributed by atoms with van der Waals surface area (Å²) in [5.41, 5.74) is 0. The van der Waals surface area contributed by atoms with Gasteiger partial charge in [0, 0.05) is 0 Å². The molecule has 2 unspecified atom stereocenters. The van der Waals surface area contributed by atoms with E-state index in [1.54, 1.807) is 0 Å². The van der Waals surface area contributed by atoms with E-state index < -0.39 is 0 Å². The minimum atomic E-state index is 0.954. The van der Waals surface area contributed by atoms with Crippen LogP contribution in [-0.4, -0.2) is 0 Å². The molecule has 0 heteroatoms. The maximum absolute atomic E-state index is 2.48. The van der Waals surface area contributed by atoms with Gasteiger partial charge in [-0.05, 0) is 11.8 Å². The van der Waals surface area contributed by atoms with Crippen molar-refractivity contribution in [3.05, 3.63) is 0 Å². The molecule has 0 saturated heterocycles. The Morgan fingerprint density at radius 1 is 0.611 bits per heavy atom. The van der Waals surface area contributed by atoms with Crippen LogP contribution < -0.4 is 0 Å². The molecule has 18 heavy (non-hydrogen) atoms. The maximum Gasteiger partial charge on any atom is -0.0391 e. The normalized spacial score (nSPS) is 14.7. The summed E-state index contributed by atoms with van der Waals surface area (Å²) in [4.78, 5) is 0. The highest BCUT2D eigenvalue weighted by molar-refractivity contribution is 4.65. The fourth-order valence-corrected chi connectivity index (χ4v) is 3.02. The third-order valence-electron chi connectivity index (χ3n) is 4.52. The predicted molar refractivity (Wildman–Crippen MR) is 85.1 cm³/mol. The predicted octanol–water partition coefficient (Wildman–Crippen LogP) is 6.98. The summed E-state index contributed by atoms with van der Waals surface area (Å²) >= 11 is 0. The van der Waals surface area contributed by atoms with Gasteiger partial charge >= 0.3 is 0 Å². The van der Waals surface area contributed by atoms with Crippen LogP contribution in [0.2, 0.25) is 0 Å². The van der Waals surface area contributed by atoms with E-state index in [1.165, 1.54) is 77.0 Å². The van der Waals surface area contributed by atoms with Crippen LogP contribution in [0.5, 0.6) is 0 Å². The van der Waals surface area contributed by atoms with Crippen LogP contribution in [0.1, 0.15) is 105 Å². The summed E-state index contributed by atoms with van der Waals surface area (Å²) in [6, 6.07) is 0. The van der Waals surface area contributed by atoms with Gasteiger partial charge in [-0.3, -0.25) is 0 Å². The summed E-state index contributed by atoms with van der Waals surface area (Å²) in [7, 11) is 0. The standard InChI is InChI=1S/C18H38/c1-5-8-10-11-12-13-14-16-18(7-3)17(4)15-9-6-2/h17-18H,5-16H2,1-4H3. The Kier molecular flexibility index (Phi) is 13.4. The fraction of sp³-hybridized carbons (Fsp3) is 1.00. The molecule has 0 spiro atoms. The lowest BCUT2D eigenvalue weighted by Gasteiger charge is -2.22. The van der Waals surface area contributed by atoms with E-state index in [4.69, 9.17) is 0 Å². The van der Waals surface area contributed by atoms with Crippen LogP contribution in [0.25, 0.3) is 0 Å². The van der Waals surface area contributed by atoms with Crippen molar-refractivity contribution in [1.82, 2.24) is 0 Å². The summed E-state index contributed by atoms with van der Waals surface area (Å²) in [6.07, 6.45) is 17.3. The average molecular weight is 255 g/mol. The number of rotatable bonds is 13. The van der Waals surface area contributed by atoms with Gasteiger partial charge in [0.1, 0.15) is 0 Å². The molecule has 0 amide bonds. The average Bonchev–Trinajstić information content (AvgIpc) is 2.39. The van der Waals surface area contributed by atoms with Crippen LogP contribution in [0.3, 0.4) is 0 Å². The Morgan fingerprint density at radius 3 is 1.72 bits per heavy atom. The molecule has 0 nitrogen and oxygen atoms in total. The van der Waals surface area contributed by atoms with Crippen LogP contribution >= 0.6 is 0 Å². The van der Waals surface area contributed by atoms with Crippen LogP contribution in [0.4, 0.5) is 0 Å². The van der Waals surface area contributed by atoms with E-state index in [0.717, 1.165) is 11.8 Å². The van der Waals surface area contributed by atoms with Gasteiger partial charge in [0.05, 0.1) is 0 Å². The molecule has 0 heterocycles. The zero-order chi connectivity index (χ0) is 13.6. The first-order chi connectivity index (χ1) is 8.76. The highest BCUT2D eigenvalue weighted by Crippen LogP contribution is 2.26. The minimum absolute atomic E-state index is 0.954. The quantitative estimate of drug-likeness (QED) is 0.311. The molecule has 0 aromatic heterocycles. The second-order valence-corrected chi connectivity index (χ2v) is 6.20. The molecule has 0 aromatic carbocycles. The van der Waals surface area contributed by atoms with Gasteiger partial charge in [-0.1, -0.05) is 105 Å². The second-order valence-electron chi connectivity index (χ2n) is 6.20. The molecule has 0 rings (SSSR count). The molecule has 0 fully saturated rings. The van der Waals surface area contributed by atoms with Crippen molar-refractivity contribution in [2.75, 3.05) is 0 Å². The molecule has 0 bridgehead atoms. The molecule has 0 aliphatic rings. The van der Waals surface area contributed by atoms with Gasteiger partial charge in [-0.2, -0.15) is 0 Å². The highest BCUT2D eigenvalue weighted by Gasteiger charge is 2.14. The molecule has 0 aliphatic carbocycles. The van der Waals surface area contributed by atoms with Crippen molar-refractivity contribution in [2.45, 2.75) is 105 Å². The van der Waals surface area contributed by atoms with Crippen LogP contribution in [0.15, 0.2) is 0 Å². The van der Waals surface area contributed by atoms with Crippen molar-refractivity contribution in [1.29, 1.82) is 0 Å². The summed E-state index contributed by atoms with van der Waals surface area (Å²) in [5, 5.41) is 0. The maximum atomic E-state index is 2.48. The van der Waals surface area contributed by atoms with Crippen molar-refractivity contribution in [2.24, 2.45) is 11.8 Å². The van der Waals surface area contributed by atoms with Crippen molar-refractivity contribution in [3.63, 3.8) is 0 Å². The molecule has 0 aliphatic heterocycles. The smallest absolute Gasteiger partial charge is 0.0391 e. The lowest BCUT2D eigenvalue weighted by Crippen LogP contribution is -2.11. The minimum Gasteiger partial charge on any atom is -0.0654 e. The zero-order valence-electron chi connectivity index (χ0n) is 13.6. The topological polar surface area (TPSA) is 0 Å². The lowest BCUT2D eigenvalue weighted by molar-refractivity contribution is 0.293. The van der Waals surface area contributed by atoms with Gasteiger partial charge in [0.25, 0.3) is 0 Å². The Morgan fingerprint density at radius 2 is 1.17 bits per heavy atom. The first kappa shape index (κ1) is 18.0. The molecular formula is C18H38. The van der Waals surface area contributed by atoms with E-state index in [9.17, 15) is 0 Å². The Labute approximate surface area is 117 Å². The second kappa shape index (κ2) is 13.4. The molecule has 0 N–H and O–H groups in total. The first-order valence-corrected chi connectivity index (χ1v) is 8.76. The van der Waals surface area contributed by atoms with E-state index in [2.05, 4.69) is 27.7 Å². The third kappa shape index (κ3) is 9.97. The summed E-state index contributed by atoms with van der Waals surface area (Å²) < 4.78 is 0. The van der Waals surface area contributed by atoms with Crippen molar-refractivity contribution in [3.8, 4) is 0 Å². The molecule has 2 atom stereocenters. The molecule has 0 saturated carbocycles. The van der Waals surface area contributed by atoms with Crippen LogP contribution in [-0.2, 0) is 0 Å². The molecule has 110 valence electrons. The van der Waals surface area contributed by atoms with E-state index in [-0.39, 0.29) is 0 Å². The highest BCUT2D eigenvalue weighted by atomic mass is 14.2. The Hall–Kier alpha value is 0. The van der Waals surface area contributed by atoms with E-state index >= 15 is 0 Å². The van der Waals surface area contributed by atoms with Gasteiger partial charge in [-0.15, -0.1) is 0 Å². The van der Waals surface area contributed by atoms with Crippen LogP contribution in [0, 0.1) is 11.8 Å². The lowest BCUT2D eigenvalue weighted by atomic mass is 9.84. The SMILES string of the molecule is CCCCCCCCCC(CC)C(C)CCCC. The Balaban J connectivity index is 3.48.